The average molecular weight is 347 g/mol. The van der Waals surface area contributed by atoms with E-state index in [0.29, 0.717) is 4.47 Å². The van der Waals surface area contributed by atoms with Crippen LogP contribution in [0.4, 0.5) is 15.9 Å². The molecule has 0 atom stereocenters. The largest absolute Gasteiger partial charge is 0.383 e. The SMILES string of the molecule is Nc1cc([N+](=O)[O-])cc(-c2ccc(Br)c(Cl)c2F)n1. The molecular weight excluding hydrogens is 340 g/mol. The monoisotopic (exact) mass is 345 g/mol. The molecule has 8 heteroatoms. The van der Waals surface area contributed by atoms with Crippen molar-refractivity contribution in [3.63, 3.8) is 0 Å². The highest BCUT2D eigenvalue weighted by Crippen LogP contribution is 2.33. The van der Waals surface area contributed by atoms with E-state index in [0.717, 1.165) is 12.1 Å². The Morgan fingerprint density at radius 1 is 1.42 bits per heavy atom. The van der Waals surface area contributed by atoms with Crippen LogP contribution in [0.1, 0.15) is 0 Å². The minimum atomic E-state index is -0.719. The molecule has 0 bridgehead atoms. The highest BCUT2D eigenvalue weighted by molar-refractivity contribution is 9.10. The van der Waals surface area contributed by atoms with Gasteiger partial charge in [-0.1, -0.05) is 11.6 Å². The lowest BCUT2D eigenvalue weighted by Crippen LogP contribution is -1.98. The van der Waals surface area contributed by atoms with Gasteiger partial charge in [0.15, 0.2) is 5.82 Å². The maximum Gasteiger partial charge on any atom is 0.275 e. The fourth-order valence-electron chi connectivity index (χ4n) is 1.50. The van der Waals surface area contributed by atoms with Gasteiger partial charge in [-0.2, -0.15) is 0 Å². The van der Waals surface area contributed by atoms with Crippen LogP contribution in [-0.2, 0) is 0 Å². The molecule has 0 unspecified atom stereocenters. The van der Waals surface area contributed by atoms with Crippen molar-refractivity contribution in [1.29, 1.82) is 0 Å². The number of aromatic nitrogens is 1. The zero-order chi connectivity index (χ0) is 14.2. The van der Waals surface area contributed by atoms with Crippen molar-refractivity contribution in [2.45, 2.75) is 0 Å². The number of hydrogen-bond acceptors (Lipinski definition) is 4. The van der Waals surface area contributed by atoms with Crippen molar-refractivity contribution >= 4 is 39.0 Å². The third-order valence-corrected chi connectivity index (χ3v) is 3.61. The molecule has 0 aliphatic rings. The van der Waals surface area contributed by atoms with E-state index < -0.39 is 10.7 Å². The van der Waals surface area contributed by atoms with Crippen LogP contribution >= 0.6 is 27.5 Å². The van der Waals surface area contributed by atoms with Gasteiger partial charge >= 0.3 is 0 Å². The number of nitrogen functional groups attached to an aromatic ring is 1. The molecule has 5 nitrogen and oxygen atoms in total. The van der Waals surface area contributed by atoms with Crippen LogP contribution in [-0.4, -0.2) is 9.91 Å². The Labute approximate surface area is 120 Å². The first-order valence-electron chi connectivity index (χ1n) is 4.96. The van der Waals surface area contributed by atoms with Crippen LogP contribution < -0.4 is 5.73 Å². The number of anilines is 1. The number of nitro groups is 1. The van der Waals surface area contributed by atoms with Crippen molar-refractivity contribution in [1.82, 2.24) is 4.98 Å². The van der Waals surface area contributed by atoms with Crippen LogP contribution in [0.15, 0.2) is 28.7 Å². The van der Waals surface area contributed by atoms with Crippen LogP contribution in [0.25, 0.3) is 11.3 Å². The van der Waals surface area contributed by atoms with Gasteiger partial charge in [0.05, 0.1) is 21.7 Å². The molecular formula is C11H6BrClFN3O2. The molecule has 19 heavy (non-hydrogen) atoms. The quantitative estimate of drug-likeness (QED) is 0.509. The van der Waals surface area contributed by atoms with Crippen molar-refractivity contribution in [2.24, 2.45) is 0 Å². The van der Waals surface area contributed by atoms with Gasteiger partial charge in [0, 0.05) is 16.1 Å². The number of nitrogens with two attached hydrogens (primary N) is 1. The van der Waals surface area contributed by atoms with Crippen LogP contribution in [0.3, 0.4) is 0 Å². The van der Waals surface area contributed by atoms with Crippen molar-refractivity contribution in [2.75, 3.05) is 5.73 Å². The summed E-state index contributed by atoms with van der Waals surface area (Å²) in [6, 6.07) is 5.18. The smallest absolute Gasteiger partial charge is 0.275 e. The Hall–Kier alpha value is -1.73. The maximum atomic E-state index is 14.0. The van der Waals surface area contributed by atoms with Gasteiger partial charge in [-0.3, -0.25) is 10.1 Å². The summed E-state index contributed by atoms with van der Waals surface area (Å²) in [5.74, 6) is -0.786. The molecule has 0 aliphatic heterocycles. The molecule has 0 aliphatic carbocycles. The van der Waals surface area contributed by atoms with Crippen LogP contribution in [0.5, 0.6) is 0 Å². The summed E-state index contributed by atoms with van der Waals surface area (Å²) >= 11 is 8.84. The second-order valence-electron chi connectivity index (χ2n) is 3.62. The van der Waals surface area contributed by atoms with E-state index in [2.05, 4.69) is 20.9 Å². The van der Waals surface area contributed by atoms with E-state index in [1.807, 2.05) is 0 Å². The topological polar surface area (TPSA) is 82.0 Å². The van der Waals surface area contributed by atoms with Crippen LogP contribution in [0.2, 0.25) is 5.02 Å². The summed E-state index contributed by atoms with van der Waals surface area (Å²) in [5, 5.41) is 10.6. The lowest BCUT2D eigenvalue weighted by Gasteiger charge is -2.06. The highest BCUT2D eigenvalue weighted by atomic mass is 79.9. The van der Waals surface area contributed by atoms with E-state index >= 15 is 0 Å². The summed E-state index contributed by atoms with van der Waals surface area (Å²) < 4.78 is 14.4. The third kappa shape index (κ3) is 2.66. The van der Waals surface area contributed by atoms with E-state index in [9.17, 15) is 14.5 Å². The first kappa shape index (κ1) is 13.7. The molecule has 0 spiro atoms. The predicted molar refractivity (Wildman–Crippen MR) is 73.4 cm³/mol. The summed E-state index contributed by atoms with van der Waals surface area (Å²) in [5.41, 5.74) is 5.31. The summed E-state index contributed by atoms with van der Waals surface area (Å²) in [4.78, 5) is 14.0. The van der Waals surface area contributed by atoms with Gasteiger partial charge < -0.3 is 5.73 Å². The number of halogens is 3. The van der Waals surface area contributed by atoms with Crippen molar-refractivity contribution in [3.8, 4) is 11.3 Å². The molecule has 0 saturated heterocycles. The van der Waals surface area contributed by atoms with E-state index in [1.54, 1.807) is 0 Å². The molecule has 1 aromatic heterocycles. The Kier molecular flexibility index (Phi) is 3.68. The van der Waals surface area contributed by atoms with E-state index in [1.165, 1.54) is 12.1 Å². The summed E-state index contributed by atoms with van der Waals surface area (Å²) in [7, 11) is 0. The Morgan fingerprint density at radius 3 is 2.74 bits per heavy atom. The molecule has 98 valence electrons. The third-order valence-electron chi connectivity index (χ3n) is 2.35. The van der Waals surface area contributed by atoms with Gasteiger partial charge in [-0.25, -0.2) is 9.37 Å². The molecule has 0 radical (unpaired) electrons. The standard InChI is InChI=1S/C11H6BrClFN3O2/c12-7-2-1-6(11(14)10(7)13)8-3-5(17(18)19)4-9(15)16-8/h1-4H,(H2,15,16). The number of benzene rings is 1. The molecule has 1 heterocycles. The second kappa shape index (κ2) is 5.10. The number of hydrogen-bond donors (Lipinski definition) is 1. The Morgan fingerprint density at radius 2 is 2.11 bits per heavy atom. The van der Waals surface area contributed by atoms with Crippen molar-refractivity contribution in [3.05, 3.63) is 49.7 Å². The summed E-state index contributed by atoms with van der Waals surface area (Å²) in [6.07, 6.45) is 0. The number of nitrogens with zero attached hydrogens (tertiary/aromatic N) is 2. The molecule has 1 aromatic carbocycles. The van der Waals surface area contributed by atoms with E-state index in [-0.39, 0.29) is 27.8 Å². The molecule has 0 saturated carbocycles. The van der Waals surface area contributed by atoms with Gasteiger partial charge in [-0.15, -0.1) is 0 Å². The zero-order valence-corrected chi connectivity index (χ0v) is 11.6. The molecule has 0 amide bonds. The fourth-order valence-corrected chi connectivity index (χ4v) is 1.98. The highest BCUT2D eigenvalue weighted by Gasteiger charge is 2.16. The predicted octanol–water partition coefficient (Wildman–Crippen LogP) is 3.79. The lowest BCUT2D eigenvalue weighted by molar-refractivity contribution is -0.384. The first-order valence-corrected chi connectivity index (χ1v) is 6.13. The number of pyridine rings is 1. The average Bonchev–Trinajstić information content (AvgIpc) is 2.35. The molecule has 0 fully saturated rings. The Bertz CT molecular complexity index is 681. The van der Waals surface area contributed by atoms with Gasteiger partial charge in [-0.05, 0) is 28.1 Å². The minimum absolute atomic E-state index is 0.0450. The first-order chi connectivity index (χ1) is 8.90. The maximum absolute atomic E-state index is 14.0. The van der Waals surface area contributed by atoms with Gasteiger partial charge in [0.2, 0.25) is 0 Å². The van der Waals surface area contributed by atoms with Gasteiger partial charge in [0.25, 0.3) is 5.69 Å². The molecule has 2 rings (SSSR count). The second-order valence-corrected chi connectivity index (χ2v) is 4.85. The zero-order valence-electron chi connectivity index (χ0n) is 9.23. The Balaban J connectivity index is 2.65. The van der Waals surface area contributed by atoms with Crippen LogP contribution in [0, 0.1) is 15.9 Å². The van der Waals surface area contributed by atoms with Crippen molar-refractivity contribution < 1.29 is 9.31 Å². The molecule has 2 aromatic rings. The molecule has 2 N–H and O–H groups in total. The van der Waals surface area contributed by atoms with Gasteiger partial charge in [0.1, 0.15) is 5.82 Å². The minimum Gasteiger partial charge on any atom is -0.383 e. The number of rotatable bonds is 2. The normalized spacial score (nSPS) is 10.5. The van der Waals surface area contributed by atoms with E-state index in [4.69, 9.17) is 17.3 Å². The fraction of sp³-hybridized carbons (Fsp3) is 0. The summed E-state index contributed by atoms with van der Waals surface area (Å²) in [6.45, 7) is 0. The lowest BCUT2D eigenvalue weighted by atomic mass is 10.1.